The molecule has 2 heterocycles. The van der Waals surface area contributed by atoms with Crippen molar-refractivity contribution in [2.24, 2.45) is 11.7 Å². The van der Waals surface area contributed by atoms with Crippen LogP contribution in [-0.4, -0.2) is 22.1 Å². The number of carbonyl (C=O) groups is 1. The summed E-state index contributed by atoms with van der Waals surface area (Å²) in [4.78, 5) is 12.9. The summed E-state index contributed by atoms with van der Waals surface area (Å²) in [5, 5.41) is 9.66. The SMILES string of the molecule is CC(C)[C@H](N)C(=O)Nc1cc(-c2ccc(Br)s2)[nH]n1. The van der Waals surface area contributed by atoms with Crippen LogP contribution >= 0.6 is 27.3 Å². The number of H-pyrrole nitrogens is 1. The van der Waals surface area contributed by atoms with Gasteiger partial charge >= 0.3 is 0 Å². The van der Waals surface area contributed by atoms with Gasteiger partial charge in [-0.05, 0) is 34.0 Å². The Morgan fingerprint density at radius 3 is 2.84 bits per heavy atom. The number of hydrogen-bond donors (Lipinski definition) is 3. The van der Waals surface area contributed by atoms with E-state index in [2.05, 4.69) is 31.4 Å². The Labute approximate surface area is 123 Å². The van der Waals surface area contributed by atoms with E-state index in [1.807, 2.05) is 26.0 Å². The average Bonchev–Trinajstić information content (AvgIpc) is 2.96. The molecule has 5 nitrogen and oxygen atoms in total. The minimum absolute atomic E-state index is 0.0895. The molecular formula is C12H15BrN4OS. The molecule has 2 aromatic rings. The van der Waals surface area contributed by atoms with Gasteiger partial charge in [0.15, 0.2) is 5.82 Å². The Bertz CT molecular complexity index is 578. The van der Waals surface area contributed by atoms with E-state index >= 15 is 0 Å². The van der Waals surface area contributed by atoms with Gasteiger partial charge in [0.2, 0.25) is 5.91 Å². The zero-order valence-electron chi connectivity index (χ0n) is 10.6. The van der Waals surface area contributed by atoms with Crippen LogP contribution in [0.15, 0.2) is 22.0 Å². The summed E-state index contributed by atoms with van der Waals surface area (Å²) in [6, 6.07) is 5.21. The van der Waals surface area contributed by atoms with Crippen LogP contribution in [-0.2, 0) is 4.79 Å². The molecule has 0 aliphatic heterocycles. The van der Waals surface area contributed by atoms with Gasteiger partial charge in [-0.1, -0.05) is 13.8 Å². The maximum absolute atomic E-state index is 11.8. The molecule has 0 aliphatic carbocycles. The number of nitrogens with one attached hydrogen (secondary N) is 2. The first-order valence-electron chi connectivity index (χ1n) is 5.85. The second-order valence-corrected chi connectivity index (χ2v) is 6.99. The fraction of sp³-hybridized carbons (Fsp3) is 0.333. The molecule has 0 spiro atoms. The van der Waals surface area contributed by atoms with Crippen molar-refractivity contribution in [2.45, 2.75) is 19.9 Å². The molecule has 0 saturated heterocycles. The minimum Gasteiger partial charge on any atom is -0.320 e. The molecule has 2 rings (SSSR count). The third kappa shape index (κ3) is 3.43. The molecule has 0 unspecified atom stereocenters. The number of thiophene rings is 1. The van der Waals surface area contributed by atoms with Gasteiger partial charge in [-0.25, -0.2) is 0 Å². The van der Waals surface area contributed by atoms with Crippen molar-refractivity contribution in [1.82, 2.24) is 10.2 Å². The molecule has 102 valence electrons. The van der Waals surface area contributed by atoms with Crippen LogP contribution in [0.25, 0.3) is 10.6 Å². The van der Waals surface area contributed by atoms with Crippen LogP contribution in [0.3, 0.4) is 0 Å². The second kappa shape index (κ2) is 5.85. The third-order valence-electron chi connectivity index (χ3n) is 2.69. The smallest absolute Gasteiger partial charge is 0.242 e. The first kappa shape index (κ1) is 14.2. The average molecular weight is 343 g/mol. The molecule has 4 N–H and O–H groups in total. The fourth-order valence-electron chi connectivity index (χ4n) is 1.48. The van der Waals surface area contributed by atoms with Gasteiger partial charge in [-0.15, -0.1) is 11.3 Å². The highest BCUT2D eigenvalue weighted by Crippen LogP contribution is 2.30. The van der Waals surface area contributed by atoms with E-state index in [4.69, 9.17) is 5.73 Å². The third-order valence-corrected chi connectivity index (χ3v) is 4.35. The standard InChI is InChI=1S/C12H15BrN4OS/c1-6(2)11(14)12(18)15-10-5-7(16-17-10)8-3-4-9(13)19-8/h3-6,11H,14H2,1-2H3,(H2,15,16,17,18)/t11-/m0/s1. The number of hydrogen-bond acceptors (Lipinski definition) is 4. The van der Waals surface area contributed by atoms with Crippen molar-refractivity contribution in [3.8, 4) is 10.6 Å². The monoisotopic (exact) mass is 342 g/mol. The van der Waals surface area contributed by atoms with E-state index in [1.165, 1.54) is 0 Å². The van der Waals surface area contributed by atoms with E-state index in [0.29, 0.717) is 5.82 Å². The molecule has 19 heavy (non-hydrogen) atoms. The minimum atomic E-state index is -0.531. The molecule has 0 aromatic carbocycles. The summed E-state index contributed by atoms with van der Waals surface area (Å²) in [5.74, 6) is 0.354. The number of halogens is 1. The molecule has 0 saturated carbocycles. The molecule has 0 radical (unpaired) electrons. The van der Waals surface area contributed by atoms with Crippen LogP contribution in [0.4, 0.5) is 5.82 Å². The van der Waals surface area contributed by atoms with Crippen LogP contribution in [0.5, 0.6) is 0 Å². The Kier molecular flexibility index (Phi) is 4.38. The fourth-order valence-corrected chi connectivity index (χ4v) is 2.84. The number of rotatable bonds is 4. The first-order valence-corrected chi connectivity index (χ1v) is 7.46. The lowest BCUT2D eigenvalue weighted by Gasteiger charge is -2.13. The van der Waals surface area contributed by atoms with Gasteiger partial charge in [0, 0.05) is 6.07 Å². The molecule has 0 bridgehead atoms. The number of aromatic amines is 1. The molecule has 1 amide bonds. The van der Waals surface area contributed by atoms with Crippen molar-refractivity contribution >= 4 is 39.0 Å². The lowest BCUT2D eigenvalue weighted by atomic mass is 10.1. The lowest BCUT2D eigenvalue weighted by Crippen LogP contribution is -2.39. The van der Waals surface area contributed by atoms with E-state index in [9.17, 15) is 4.79 Å². The normalized spacial score (nSPS) is 12.7. The van der Waals surface area contributed by atoms with E-state index in [-0.39, 0.29) is 11.8 Å². The summed E-state index contributed by atoms with van der Waals surface area (Å²) in [5.41, 5.74) is 6.64. The Morgan fingerprint density at radius 2 is 2.26 bits per heavy atom. The zero-order chi connectivity index (χ0) is 14.0. The van der Waals surface area contributed by atoms with Crippen molar-refractivity contribution in [3.05, 3.63) is 22.0 Å². The number of aromatic nitrogens is 2. The highest BCUT2D eigenvalue weighted by Gasteiger charge is 2.18. The molecule has 7 heteroatoms. The van der Waals surface area contributed by atoms with Crippen molar-refractivity contribution in [1.29, 1.82) is 0 Å². The van der Waals surface area contributed by atoms with Crippen LogP contribution < -0.4 is 11.1 Å². The number of nitrogens with two attached hydrogens (primary N) is 1. The summed E-state index contributed by atoms with van der Waals surface area (Å²) >= 11 is 5.00. The largest absolute Gasteiger partial charge is 0.320 e. The van der Waals surface area contributed by atoms with Gasteiger partial charge in [0.05, 0.1) is 20.4 Å². The lowest BCUT2D eigenvalue weighted by molar-refractivity contribution is -0.118. The maximum Gasteiger partial charge on any atom is 0.242 e. The van der Waals surface area contributed by atoms with E-state index < -0.39 is 6.04 Å². The Hall–Kier alpha value is -1.18. The van der Waals surface area contributed by atoms with E-state index in [0.717, 1.165) is 14.4 Å². The molecule has 0 fully saturated rings. The van der Waals surface area contributed by atoms with Crippen molar-refractivity contribution < 1.29 is 4.79 Å². The van der Waals surface area contributed by atoms with Crippen LogP contribution in [0.2, 0.25) is 0 Å². The van der Waals surface area contributed by atoms with E-state index in [1.54, 1.807) is 17.4 Å². The number of nitrogens with zero attached hydrogens (tertiary/aromatic N) is 1. The topological polar surface area (TPSA) is 83.8 Å². The number of anilines is 1. The van der Waals surface area contributed by atoms with Crippen molar-refractivity contribution in [3.63, 3.8) is 0 Å². The summed E-state index contributed by atoms with van der Waals surface area (Å²) in [6.45, 7) is 3.81. The Morgan fingerprint density at radius 1 is 1.53 bits per heavy atom. The number of amides is 1. The quantitative estimate of drug-likeness (QED) is 0.798. The van der Waals surface area contributed by atoms with Gasteiger partial charge in [0.1, 0.15) is 0 Å². The highest BCUT2D eigenvalue weighted by atomic mass is 79.9. The molecular weight excluding hydrogens is 328 g/mol. The zero-order valence-corrected chi connectivity index (χ0v) is 13.0. The molecule has 2 aromatic heterocycles. The van der Waals surface area contributed by atoms with Crippen LogP contribution in [0, 0.1) is 5.92 Å². The second-order valence-electron chi connectivity index (χ2n) is 4.53. The number of carbonyl (C=O) groups excluding carboxylic acids is 1. The Balaban J connectivity index is 2.08. The van der Waals surface area contributed by atoms with Gasteiger partial charge in [0.25, 0.3) is 0 Å². The van der Waals surface area contributed by atoms with Crippen molar-refractivity contribution in [2.75, 3.05) is 5.32 Å². The predicted octanol–water partition coefficient (Wildman–Crippen LogP) is 2.82. The predicted molar refractivity (Wildman–Crippen MR) is 81.0 cm³/mol. The van der Waals surface area contributed by atoms with Gasteiger partial charge < -0.3 is 11.1 Å². The first-order chi connectivity index (χ1) is 8.97. The van der Waals surface area contributed by atoms with Crippen LogP contribution in [0.1, 0.15) is 13.8 Å². The maximum atomic E-state index is 11.8. The molecule has 1 atom stereocenters. The summed E-state index contributed by atoms with van der Waals surface area (Å²) in [7, 11) is 0. The molecule has 0 aliphatic rings. The summed E-state index contributed by atoms with van der Waals surface area (Å²) in [6.07, 6.45) is 0. The highest BCUT2D eigenvalue weighted by molar-refractivity contribution is 9.11. The summed E-state index contributed by atoms with van der Waals surface area (Å²) < 4.78 is 1.05. The van der Waals surface area contributed by atoms with Gasteiger partial charge in [-0.2, -0.15) is 5.10 Å². The van der Waals surface area contributed by atoms with Gasteiger partial charge in [-0.3, -0.25) is 9.89 Å².